The van der Waals surface area contributed by atoms with Crippen LogP contribution in [0.2, 0.25) is 0 Å². The van der Waals surface area contributed by atoms with Crippen LogP contribution in [0.4, 0.5) is 0 Å². The Morgan fingerprint density at radius 3 is 3.11 bits per heavy atom. The summed E-state index contributed by atoms with van der Waals surface area (Å²) in [5.41, 5.74) is 0.699. The SMILES string of the molecule is NN1CN=CC=C1CO. The normalized spacial score (nSPS) is 18.0. The van der Waals surface area contributed by atoms with Crippen molar-refractivity contribution in [1.82, 2.24) is 5.01 Å². The second-order valence-electron chi connectivity index (χ2n) is 1.76. The first-order chi connectivity index (χ1) is 4.34. The van der Waals surface area contributed by atoms with Crippen LogP contribution in [0.3, 0.4) is 0 Å². The number of nitrogens with zero attached hydrogens (tertiary/aromatic N) is 2. The Hall–Kier alpha value is -0.870. The lowest BCUT2D eigenvalue weighted by atomic mass is 10.4. The van der Waals surface area contributed by atoms with Crippen LogP contribution in [-0.2, 0) is 0 Å². The first kappa shape index (κ1) is 6.25. The van der Waals surface area contributed by atoms with Gasteiger partial charge >= 0.3 is 0 Å². The Kier molecular flexibility index (Phi) is 1.81. The maximum atomic E-state index is 8.61. The lowest BCUT2D eigenvalue weighted by molar-refractivity contribution is 0.257. The van der Waals surface area contributed by atoms with Crippen molar-refractivity contribution in [2.24, 2.45) is 10.8 Å². The number of allylic oxidation sites excluding steroid dienone is 1. The molecule has 0 saturated heterocycles. The van der Waals surface area contributed by atoms with Gasteiger partial charge in [0.1, 0.15) is 6.67 Å². The van der Waals surface area contributed by atoms with Crippen LogP contribution in [-0.4, -0.2) is 29.6 Å². The van der Waals surface area contributed by atoms with E-state index in [0.717, 1.165) is 0 Å². The van der Waals surface area contributed by atoms with Crippen LogP contribution in [0.15, 0.2) is 16.8 Å². The number of aliphatic hydroxyl groups is 1. The fraction of sp³-hybridized carbons (Fsp3) is 0.400. The van der Waals surface area contributed by atoms with Crippen molar-refractivity contribution < 1.29 is 5.11 Å². The Morgan fingerprint density at radius 2 is 2.67 bits per heavy atom. The highest BCUT2D eigenvalue weighted by Gasteiger charge is 2.03. The molecule has 0 aromatic carbocycles. The monoisotopic (exact) mass is 127 g/mol. The highest BCUT2D eigenvalue weighted by Crippen LogP contribution is 1.99. The molecular formula is C5H9N3O. The van der Waals surface area contributed by atoms with Crippen molar-refractivity contribution in [2.75, 3.05) is 13.3 Å². The van der Waals surface area contributed by atoms with E-state index in [1.807, 2.05) is 0 Å². The Labute approximate surface area is 53.3 Å². The number of aliphatic hydroxyl groups excluding tert-OH is 1. The molecule has 1 heterocycles. The minimum absolute atomic E-state index is 0.0253. The van der Waals surface area contributed by atoms with Gasteiger partial charge in [-0.05, 0) is 6.08 Å². The van der Waals surface area contributed by atoms with Gasteiger partial charge < -0.3 is 5.11 Å². The Bertz CT molecular complexity index is 152. The third kappa shape index (κ3) is 1.28. The van der Waals surface area contributed by atoms with Gasteiger partial charge in [0.15, 0.2) is 0 Å². The van der Waals surface area contributed by atoms with E-state index in [1.165, 1.54) is 5.01 Å². The molecule has 0 aromatic rings. The molecule has 1 aliphatic heterocycles. The van der Waals surface area contributed by atoms with E-state index in [1.54, 1.807) is 12.3 Å². The van der Waals surface area contributed by atoms with Crippen molar-refractivity contribution in [3.8, 4) is 0 Å². The largest absolute Gasteiger partial charge is 0.390 e. The molecule has 0 spiro atoms. The van der Waals surface area contributed by atoms with E-state index in [4.69, 9.17) is 10.9 Å². The zero-order valence-electron chi connectivity index (χ0n) is 4.99. The van der Waals surface area contributed by atoms with Gasteiger partial charge in [0.05, 0.1) is 12.3 Å². The zero-order chi connectivity index (χ0) is 6.69. The molecule has 0 atom stereocenters. The molecule has 0 amide bonds. The molecule has 0 bridgehead atoms. The number of hydrogen-bond donors (Lipinski definition) is 2. The van der Waals surface area contributed by atoms with E-state index >= 15 is 0 Å². The quantitative estimate of drug-likeness (QED) is 0.448. The summed E-state index contributed by atoms with van der Waals surface area (Å²) in [5, 5.41) is 10.0. The molecule has 0 aliphatic carbocycles. The summed E-state index contributed by atoms with van der Waals surface area (Å²) in [6.45, 7) is 0.412. The summed E-state index contributed by atoms with van der Waals surface area (Å²) in [6.07, 6.45) is 3.32. The lowest BCUT2D eigenvalue weighted by Gasteiger charge is -2.19. The zero-order valence-corrected chi connectivity index (χ0v) is 4.99. The van der Waals surface area contributed by atoms with Crippen LogP contribution in [0.1, 0.15) is 0 Å². The van der Waals surface area contributed by atoms with Crippen LogP contribution in [0.5, 0.6) is 0 Å². The number of rotatable bonds is 1. The minimum atomic E-state index is -0.0253. The van der Waals surface area contributed by atoms with Crippen LogP contribution >= 0.6 is 0 Å². The molecule has 0 unspecified atom stereocenters. The maximum Gasteiger partial charge on any atom is 0.124 e. The van der Waals surface area contributed by atoms with E-state index in [0.29, 0.717) is 12.4 Å². The lowest BCUT2D eigenvalue weighted by Crippen LogP contribution is -2.33. The summed E-state index contributed by atoms with van der Waals surface area (Å²) in [5.74, 6) is 5.38. The van der Waals surface area contributed by atoms with Crippen LogP contribution in [0.25, 0.3) is 0 Å². The molecule has 1 aliphatic rings. The third-order valence-electron chi connectivity index (χ3n) is 1.14. The molecule has 3 N–H and O–H groups in total. The van der Waals surface area contributed by atoms with Gasteiger partial charge in [-0.1, -0.05) is 0 Å². The minimum Gasteiger partial charge on any atom is -0.390 e. The maximum absolute atomic E-state index is 8.61. The second-order valence-corrected chi connectivity index (χ2v) is 1.76. The predicted octanol–water partition coefficient (Wildman–Crippen LogP) is -0.920. The average Bonchev–Trinajstić information content (AvgIpc) is 1.89. The highest BCUT2D eigenvalue weighted by molar-refractivity contribution is 5.72. The molecule has 0 saturated carbocycles. The topological polar surface area (TPSA) is 61.8 Å². The third-order valence-corrected chi connectivity index (χ3v) is 1.14. The van der Waals surface area contributed by atoms with Crippen molar-refractivity contribution in [2.45, 2.75) is 0 Å². The average molecular weight is 127 g/mol. The summed E-state index contributed by atoms with van der Waals surface area (Å²) < 4.78 is 0. The van der Waals surface area contributed by atoms with E-state index in [9.17, 15) is 0 Å². The van der Waals surface area contributed by atoms with Gasteiger partial charge in [-0.3, -0.25) is 10.0 Å². The summed E-state index contributed by atoms with van der Waals surface area (Å²) in [6, 6.07) is 0. The Morgan fingerprint density at radius 1 is 1.89 bits per heavy atom. The van der Waals surface area contributed by atoms with Crippen molar-refractivity contribution in [3.63, 3.8) is 0 Å². The smallest absolute Gasteiger partial charge is 0.124 e. The molecule has 0 aromatic heterocycles. The molecule has 0 radical (unpaired) electrons. The van der Waals surface area contributed by atoms with E-state index < -0.39 is 0 Å². The molecule has 9 heavy (non-hydrogen) atoms. The van der Waals surface area contributed by atoms with Crippen molar-refractivity contribution in [1.29, 1.82) is 0 Å². The molecule has 1 rings (SSSR count). The Balaban J connectivity index is 2.63. The number of hydrogen-bond acceptors (Lipinski definition) is 4. The number of hydrazine groups is 1. The number of aliphatic imine (C=N–C) groups is 1. The fourth-order valence-electron chi connectivity index (χ4n) is 0.604. The van der Waals surface area contributed by atoms with E-state index in [2.05, 4.69) is 4.99 Å². The van der Waals surface area contributed by atoms with Gasteiger partial charge in [0, 0.05) is 6.21 Å². The van der Waals surface area contributed by atoms with Gasteiger partial charge in [-0.25, -0.2) is 5.84 Å². The second kappa shape index (κ2) is 2.61. The van der Waals surface area contributed by atoms with Gasteiger partial charge in [0.25, 0.3) is 0 Å². The van der Waals surface area contributed by atoms with Gasteiger partial charge in [-0.2, -0.15) is 0 Å². The fourth-order valence-corrected chi connectivity index (χ4v) is 0.604. The molecule has 50 valence electrons. The van der Waals surface area contributed by atoms with Crippen LogP contribution < -0.4 is 5.84 Å². The number of nitrogens with two attached hydrogens (primary N) is 1. The predicted molar refractivity (Wildman–Crippen MR) is 34.6 cm³/mol. The highest BCUT2D eigenvalue weighted by atomic mass is 16.3. The molecule has 4 nitrogen and oxygen atoms in total. The molecular weight excluding hydrogens is 118 g/mol. The first-order valence-electron chi connectivity index (χ1n) is 2.66. The van der Waals surface area contributed by atoms with Gasteiger partial charge in [0.2, 0.25) is 0 Å². The summed E-state index contributed by atoms with van der Waals surface area (Å²) >= 11 is 0. The molecule has 0 fully saturated rings. The van der Waals surface area contributed by atoms with Gasteiger partial charge in [-0.15, -0.1) is 0 Å². The summed E-state index contributed by atoms with van der Waals surface area (Å²) in [7, 11) is 0. The summed E-state index contributed by atoms with van der Waals surface area (Å²) in [4.78, 5) is 3.84. The first-order valence-corrected chi connectivity index (χ1v) is 2.66. The standard InChI is InChI=1S/C5H9N3O/c6-8-4-7-2-1-5(8)3-9/h1-2,9H,3-4,6H2. The molecule has 4 heteroatoms. The van der Waals surface area contributed by atoms with Crippen molar-refractivity contribution >= 4 is 6.21 Å². The van der Waals surface area contributed by atoms with Crippen molar-refractivity contribution in [3.05, 3.63) is 11.8 Å². The van der Waals surface area contributed by atoms with E-state index in [-0.39, 0.29) is 6.61 Å². The van der Waals surface area contributed by atoms with Crippen LogP contribution in [0, 0.1) is 0 Å².